The number of aromatic nitrogens is 5. The van der Waals surface area contributed by atoms with Gasteiger partial charge in [0.15, 0.2) is 17.4 Å². The van der Waals surface area contributed by atoms with Gasteiger partial charge in [0, 0.05) is 38.3 Å². The Morgan fingerprint density at radius 2 is 1.77 bits per heavy atom. The number of para-hydroxylation sites is 1. The number of hydrogen-bond acceptors (Lipinski definition) is 9. The molecule has 0 bridgehead atoms. The predicted octanol–water partition coefficient (Wildman–Crippen LogP) is 5.35. The molecule has 0 atom stereocenters. The number of piperidine rings is 1. The molecule has 0 spiro atoms. The first-order valence-corrected chi connectivity index (χ1v) is 13.4. The molecule has 0 radical (unpaired) electrons. The molecule has 39 heavy (non-hydrogen) atoms. The number of pyridine rings is 2. The summed E-state index contributed by atoms with van der Waals surface area (Å²) >= 11 is 0. The third-order valence-electron chi connectivity index (χ3n) is 7.17. The Hall–Kier alpha value is -4.47. The molecule has 0 amide bonds. The summed E-state index contributed by atoms with van der Waals surface area (Å²) in [4.78, 5) is 29.1. The number of Topliss-reactive ketones (excluding diaryl/α,β-unsaturated/α-hetero) is 1. The van der Waals surface area contributed by atoms with E-state index in [9.17, 15) is 4.79 Å². The molecule has 1 saturated carbocycles. The van der Waals surface area contributed by atoms with Crippen molar-refractivity contribution in [2.24, 2.45) is 13.0 Å². The van der Waals surface area contributed by atoms with Crippen LogP contribution in [-0.4, -0.2) is 50.7 Å². The first-order valence-electron chi connectivity index (χ1n) is 13.4. The van der Waals surface area contributed by atoms with Gasteiger partial charge in [-0.2, -0.15) is 5.10 Å². The quantitative estimate of drug-likeness (QED) is 0.280. The summed E-state index contributed by atoms with van der Waals surface area (Å²) in [5.74, 6) is 2.59. The molecule has 2 N–H and O–H groups in total. The van der Waals surface area contributed by atoms with Gasteiger partial charge in [-0.1, -0.05) is 6.07 Å². The molecular weight excluding hydrogens is 492 g/mol. The van der Waals surface area contributed by atoms with Crippen molar-refractivity contribution in [1.29, 1.82) is 0 Å². The zero-order chi connectivity index (χ0) is 26.8. The number of nitrogens with zero attached hydrogens (tertiary/aromatic N) is 6. The number of rotatable bonds is 9. The lowest BCUT2D eigenvalue weighted by atomic mass is 10.1. The lowest BCUT2D eigenvalue weighted by molar-refractivity contribution is 0.0968. The number of ether oxygens (including phenoxy) is 1. The number of hydrogen-bond donors (Lipinski definition) is 2. The Bertz CT molecular complexity index is 1470. The summed E-state index contributed by atoms with van der Waals surface area (Å²) in [6.45, 7) is 2.14. The molecule has 1 aliphatic carbocycles. The van der Waals surface area contributed by atoms with Gasteiger partial charge in [-0.3, -0.25) is 9.48 Å². The van der Waals surface area contributed by atoms with Crippen LogP contribution in [0.5, 0.6) is 5.75 Å². The lowest BCUT2D eigenvalue weighted by Crippen LogP contribution is -2.29. The van der Waals surface area contributed by atoms with Crippen LogP contribution in [0.2, 0.25) is 0 Å². The number of benzene rings is 1. The highest BCUT2D eigenvalue weighted by Crippen LogP contribution is 2.39. The van der Waals surface area contributed by atoms with E-state index in [1.165, 1.54) is 19.3 Å². The van der Waals surface area contributed by atoms with E-state index in [0.29, 0.717) is 40.1 Å². The van der Waals surface area contributed by atoms with Gasteiger partial charge in [0.25, 0.3) is 0 Å². The van der Waals surface area contributed by atoms with Crippen LogP contribution in [0.3, 0.4) is 0 Å². The van der Waals surface area contributed by atoms with Gasteiger partial charge >= 0.3 is 0 Å². The number of ketones is 1. The zero-order valence-corrected chi connectivity index (χ0v) is 22.2. The Labute approximate surface area is 227 Å². The largest absolute Gasteiger partial charge is 0.494 e. The van der Waals surface area contributed by atoms with Crippen LogP contribution in [0.25, 0.3) is 11.4 Å². The lowest BCUT2D eigenvalue weighted by Gasteiger charge is -2.28. The second kappa shape index (κ2) is 10.7. The van der Waals surface area contributed by atoms with Crippen molar-refractivity contribution < 1.29 is 9.53 Å². The van der Waals surface area contributed by atoms with Crippen LogP contribution >= 0.6 is 0 Å². The Kier molecular flexibility index (Phi) is 6.83. The number of aryl methyl sites for hydroxylation is 1. The van der Waals surface area contributed by atoms with Gasteiger partial charge in [0.1, 0.15) is 18.0 Å². The number of methoxy groups -OCH3 is 1. The monoisotopic (exact) mass is 524 g/mol. The van der Waals surface area contributed by atoms with Crippen molar-refractivity contribution in [2.75, 3.05) is 35.7 Å². The molecule has 1 saturated heterocycles. The first kappa shape index (κ1) is 24.8. The van der Waals surface area contributed by atoms with Gasteiger partial charge in [0.2, 0.25) is 0 Å². The van der Waals surface area contributed by atoms with E-state index in [4.69, 9.17) is 4.74 Å². The standard InChI is InChI=1S/C29H32N8O2/c1-36-18-32-29(35-36)21-7-6-8-23(28(21)39-2)33-24-15-26(31-17-22(24)27(38)19-9-10-19)34-25-12-11-20(16-30-25)37-13-4-3-5-14-37/h6-8,11-12,15-19H,3-5,9-10,13-14H2,1-2H3,(H2,30,31,33,34). The zero-order valence-electron chi connectivity index (χ0n) is 22.2. The maximum absolute atomic E-state index is 13.1. The summed E-state index contributed by atoms with van der Waals surface area (Å²) < 4.78 is 7.43. The Morgan fingerprint density at radius 3 is 2.46 bits per heavy atom. The van der Waals surface area contributed by atoms with Crippen LogP contribution in [0, 0.1) is 5.92 Å². The summed E-state index contributed by atoms with van der Waals surface area (Å²) in [6.07, 6.45) is 10.8. The Morgan fingerprint density at radius 1 is 0.949 bits per heavy atom. The molecule has 4 heterocycles. The van der Waals surface area contributed by atoms with Crippen molar-refractivity contribution >= 4 is 34.5 Å². The molecule has 4 aromatic rings. The van der Waals surface area contributed by atoms with E-state index in [-0.39, 0.29) is 11.7 Å². The highest BCUT2D eigenvalue weighted by atomic mass is 16.5. The van der Waals surface area contributed by atoms with Gasteiger partial charge in [-0.25, -0.2) is 15.0 Å². The van der Waals surface area contributed by atoms with Crippen LogP contribution in [-0.2, 0) is 7.05 Å². The van der Waals surface area contributed by atoms with E-state index in [2.05, 4.69) is 41.7 Å². The molecule has 10 nitrogen and oxygen atoms in total. The van der Waals surface area contributed by atoms with Crippen molar-refractivity contribution in [3.8, 4) is 17.1 Å². The fourth-order valence-corrected chi connectivity index (χ4v) is 4.96. The number of nitrogens with one attached hydrogen (secondary N) is 2. The van der Waals surface area contributed by atoms with Gasteiger partial charge < -0.3 is 20.3 Å². The summed E-state index contributed by atoms with van der Waals surface area (Å²) in [5, 5.41) is 11.2. The van der Waals surface area contributed by atoms with Gasteiger partial charge in [0.05, 0.1) is 41.5 Å². The highest BCUT2D eigenvalue weighted by Gasteiger charge is 2.32. The van der Waals surface area contributed by atoms with E-state index in [0.717, 1.165) is 37.2 Å². The van der Waals surface area contributed by atoms with Crippen LogP contribution in [0.15, 0.2) is 55.1 Å². The molecule has 3 aromatic heterocycles. The van der Waals surface area contributed by atoms with Crippen LogP contribution in [0.4, 0.5) is 28.7 Å². The fraction of sp³-hybridized carbons (Fsp3) is 0.345. The average Bonchev–Trinajstić information content (AvgIpc) is 3.73. The molecule has 1 aromatic carbocycles. The number of carbonyl (C=O) groups is 1. The second-order valence-corrected chi connectivity index (χ2v) is 10.1. The molecule has 2 aliphatic rings. The molecule has 1 aliphatic heterocycles. The normalized spacial score (nSPS) is 15.2. The minimum atomic E-state index is 0.0566. The summed E-state index contributed by atoms with van der Waals surface area (Å²) in [7, 11) is 3.43. The van der Waals surface area contributed by atoms with Crippen molar-refractivity contribution in [1.82, 2.24) is 24.7 Å². The molecular formula is C29H32N8O2. The van der Waals surface area contributed by atoms with E-state index < -0.39 is 0 Å². The van der Waals surface area contributed by atoms with Crippen molar-refractivity contribution in [3.63, 3.8) is 0 Å². The fourth-order valence-electron chi connectivity index (χ4n) is 4.96. The molecule has 0 unspecified atom stereocenters. The minimum Gasteiger partial charge on any atom is -0.494 e. The third-order valence-corrected chi connectivity index (χ3v) is 7.17. The predicted molar refractivity (Wildman–Crippen MR) is 151 cm³/mol. The van der Waals surface area contributed by atoms with E-state index >= 15 is 0 Å². The molecule has 2 fully saturated rings. The molecule has 10 heteroatoms. The minimum absolute atomic E-state index is 0.0566. The van der Waals surface area contributed by atoms with Crippen LogP contribution in [0.1, 0.15) is 42.5 Å². The summed E-state index contributed by atoms with van der Waals surface area (Å²) in [5.41, 5.74) is 3.80. The molecule has 6 rings (SSSR count). The highest BCUT2D eigenvalue weighted by molar-refractivity contribution is 6.04. The maximum atomic E-state index is 13.1. The van der Waals surface area contributed by atoms with Crippen molar-refractivity contribution in [3.05, 3.63) is 60.7 Å². The SMILES string of the molecule is COc1c(Nc2cc(Nc3ccc(N4CCCCC4)cn3)ncc2C(=O)C2CC2)cccc1-c1ncn(C)n1. The Balaban J connectivity index is 1.29. The maximum Gasteiger partial charge on any atom is 0.184 e. The average molecular weight is 525 g/mol. The molecule has 200 valence electrons. The third kappa shape index (κ3) is 5.41. The van der Waals surface area contributed by atoms with E-state index in [1.807, 2.05) is 43.6 Å². The topological polar surface area (TPSA) is 110 Å². The number of anilines is 5. The summed E-state index contributed by atoms with van der Waals surface area (Å²) in [6, 6.07) is 11.6. The van der Waals surface area contributed by atoms with Gasteiger partial charge in [-0.05, 0) is 56.4 Å². The smallest absolute Gasteiger partial charge is 0.184 e. The first-order chi connectivity index (χ1) is 19.1. The van der Waals surface area contributed by atoms with Crippen LogP contribution < -0.4 is 20.3 Å². The number of carbonyl (C=O) groups excluding carboxylic acids is 1. The van der Waals surface area contributed by atoms with Gasteiger partial charge in [-0.15, -0.1) is 0 Å². The second-order valence-electron chi connectivity index (χ2n) is 10.1. The van der Waals surface area contributed by atoms with Crippen molar-refractivity contribution in [2.45, 2.75) is 32.1 Å². The van der Waals surface area contributed by atoms with E-state index in [1.54, 1.807) is 24.3 Å².